The lowest BCUT2D eigenvalue weighted by atomic mass is 9.97. The van der Waals surface area contributed by atoms with Gasteiger partial charge in [-0.3, -0.25) is 33.4 Å². The fourth-order valence-electron chi connectivity index (χ4n) is 4.55. The van der Waals surface area contributed by atoms with Crippen molar-refractivity contribution in [3.63, 3.8) is 0 Å². The van der Waals surface area contributed by atoms with Crippen LogP contribution >= 0.6 is 0 Å². The molecule has 3 rings (SSSR count). The van der Waals surface area contributed by atoms with Crippen LogP contribution in [0.25, 0.3) is 0 Å². The molecule has 1 unspecified atom stereocenters. The van der Waals surface area contributed by atoms with E-state index in [0.717, 1.165) is 12.2 Å². The van der Waals surface area contributed by atoms with Gasteiger partial charge in [0.1, 0.15) is 61.4 Å². The van der Waals surface area contributed by atoms with Gasteiger partial charge in [0, 0.05) is 30.3 Å². The standard InChI is InChI=1S/C31H41N3O18S/c1-31(2,3)30(44)50-14-16-4-5-17(51-29-25(40)23(38)24(39)26(52-29)28(42)43)12-19(16)49-11-10-48-9-8-32-27(41)18(15-53(45,46)47)33-20(35)13-34-21(36)6-7-22(34)37/h4-7,12,18,23-26,29,38-40H,8-11,13-15H2,1-3H3,(H,32,41)(H,33,35)(H,42,43)(H,45,46,47)/t18-,23-,24-,25+,26?,29+/m0/s1. The molecule has 0 aliphatic carbocycles. The van der Waals surface area contributed by atoms with Gasteiger partial charge >= 0.3 is 11.9 Å². The average molecular weight is 776 g/mol. The second-order valence-electron chi connectivity index (χ2n) is 12.7. The molecule has 1 fully saturated rings. The number of hydrogen-bond acceptors (Lipinski definition) is 16. The monoisotopic (exact) mass is 775 g/mol. The van der Waals surface area contributed by atoms with Crippen molar-refractivity contribution in [3.8, 4) is 11.5 Å². The molecule has 53 heavy (non-hydrogen) atoms. The zero-order valence-electron chi connectivity index (χ0n) is 28.7. The minimum Gasteiger partial charge on any atom is -0.491 e. The van der Waals surface area contributed by atoms with E-state index in [9.17, 15) is 62.2 Å². The number of benzene rings is 1. The molecule has 294 valence electrons. The van der Waals surface area contributed by atoms with Crippen molar-refractivity contribution >= 4 is 45.7 Å². The summed E-state index contributed by atoms with van der Waals surface area (Å²) in [7, 11) is -4.76. The molecule has 0 saturated carbocycles. The first-order valence-corrected chi connectivity index (χ1v) is 17.4. The lowest BCUT2D eigenvalue weighted by Crippen LogP contribution is -2.61. The number of aliphatic hydroxyl groups excluding tert-OH is 3. The second kappa shape index (κ2) is 18.4. The van der Waals surface area contributed by atoms with Gasteiger partial charge in [-0.05, 0) is 32.9 Å². The van der Waals surface area contributed by atoms with Crippen LogP contribution in [0, 0.1) is 5.41 Å². The van der Waals surface area contributed by atoms with Crippen molar-refractivity contribution in [2.75, 3.05) is 38.7 Å². The van der Waals surface area contributed by atoms with E-state index in [1.807, 2.05) is 0 Å². The Hall–Kier alpha value is -4.71. The molecule has 0 spiro atoms. The number of nitrogens with zero attached hydrogens (tertiary/aromatic N) is 1. The van der Waals surface area contributed by atoms with Crippen molar-refractivity contribution in [1.29, 1.82) is 0 Å². The molecule has 22 heteroatoms. The van der Waals surface area contributed by atoms with E-state index in [4.69, 9.17) is 23.7 Å². The lowest BCUT2D eigenvalue weighted by molar-refractivity contribution is -0.271. The summed E-state index contributed by atoms with van der Waals surface area (Å²) in [6.45, 7) is 3.31. The molecule has 2 aliphatic heterocycles. The Morgan fingerprint density at radius 1 is 0.981 bits per heavy atom. The third-order valence-electron chi connectivity index (χ3n) is 7.34. The van der Waals surface area contributed by atoms with Crippen LogP contribution in [0.3, 0.4) is 0 Å². The third kappa shape index (κ3) is 12.7. The van der Waals surface area contributed by atoms with E-state index in [1.165, 1.54) is 18.2 Å². The highest BCUT2D eigenvalue weighted by molar-refractivity contribution is 7.85. The Morgan fingerprint density at radius 3 is 2.25 bits per heavy atom. The number of rotatable bonds is 18. The molecule has 2 aliphatic rings. The van der Waals surface area contributed by atoms with Gasteiger partial charge in [-0.15, -0.1) is 0 Å². The van der Waals surface area contributed by atoms with Crippen LogP contribution in [-0.4, -0.2) is 149 Å². The first kappa shape index (κ1) is 42.7. The maximum Gasteiger partial charge on any atom is 0.335 e. The minimum absolute atomic E-state index is 0.0341. The number of carboxylic acids is 1. The Bertz CT molecular complexity index is 1660. The third-order valence-corrected chi connectivity index (χ3v) is 8.09. The summed E-state index contributed by atoms with van der Waals surface area (Å²) in [6.07, 6.45) is -7.45. The number of aliphatic hydroxyl groups is 3. The molecule has 7 N–H and O–H groups in total. The van der Waals surface area contributed by atoms with E-state index >= 15 is 0 Å². The van der Waals surface area contributed by atoms with Crippen molar-refractivity contribution < 1.29 is 85.8 Å². The minimum atomic E-state index is -4.76. The van der Waals surface area contributed by atoms with Gasteiger partial charge in [-0.2, -0.15) is 8.42 Å². The molecule has 21 nitrogen and oxygen atoms in total. The van der Waals surface area contributed by atoms with Crippen LogP contribution in [0.1, 0.15) is 26.3 Å². The molecule has 2 heterocycles. The summed E-state index contributed by atoms with van der Waals surface area (Å²) in [4.78, 5) is 72.7. The van der Waals surface area contributed by atoms with Crippen LogP contribution in [0.5, 0.6) is 11.5 Å². The smallest absolute Gasteiger partial charge is 0.335 e. The highest BCUT2D eigenvalue weighted by atomic mass is 32.2. The first-order chi connectivity index (χ1) is 24.7. The SMILES string of the molecule is CC(C)(C)C(=O)OCc1ccc(O[C@@H]2OC(C(=O)O)[C@@H](O)[C@H](O)[C@H]2O)cc1OCCOCCNC(=O)[C@H](CS(=O)(=O)O)NC(=O)CN1C(=O)C=CC1=O. The van der Waals surface area contributed by atoms with E-state index < -0.39 is 100 Å². The summed E-state index contributed by atoms with van der Waals surface area (Å²) < 4.78 is 59.4. The van der Waals surface area contributed by atoms with Crippen LogP contribution in [-0.2, 0) is 59.7 Å². The van der Waals surface area contributed by atoms with E-state index in [1.54, 1.807) is 20.8 Å². The maximum absolute atomic E-state index is 12.6. The van der Waals surface area contributed by atoms with Crippen LogP contribution in [0.15, 0.2) is 30.4 Å². The number of esters is 1. The molecule has 6 atom stereocenters. The van der Waals surface area contributed by atoms with Crippen LogP contribution < -0.4 is 20.1 Å². The zero-order chi connectivity index (χ0) is 39.7. The highest BCUT2D eigenvalue weighted by Gasteiger charge is 2.48. The number of carboxylic acid groups (broad SMARTS) is 1. The second-order valence-corrected chi connectivity index (χ2v) is 14.2. The quantitative estimate of drug-likeness (QED) is 0.0335. The summed E-state index contributed by atoms with van der Waals surface area (Å²) in [5.74, 6) is -6.90. The molecule has 4 amide bonds. The molecular weight excluding hydrogens is 734 g/mol. The molecule has 1 saturated heterocycles. The molecule has 1 aromatic carbocycles. The fraction of sp³-hybridized carbons (Fsp3) is 0.548. The average Bonchev–Trinajstić information content (AvgIpc) is 3.37. The normalized spacial score (nSPS) is 22.2. The summed E-state index contributed by atoms with van der Waals surface area (Å²) in [5.41, 5.74) is -0.467. The Balaban J connectivity index is 1.57. The van der Waals surface area contributed by atoms with E-state index in [2.05, 4.69) is 10.6 Å². The van der Waals surface area contributed by atoms with E-state index in [0.29, 0.717) is 10.5 Å². The van der Waals surface area contributed by atoms with Crippen molar-refractivity contribution in [2.24, 2.45) is 5.41 Å². The first-order valence-electron chi connectivity index (χ1n) is 15.8. The van der Waals surface area contributed by atoms with Crippen molar-refractivity contribution in [1.82, 2.24) is 15.5 Å². The lowest BCUT2D eigenvalue weighted by Gasteiger charge is -2.38. The number of amides is 4. The van der Waals surface area contributed by atoms with Gasteiger partial charge in [-0.25, -0.2) is 4.79 Å². The Labute approximate surface area is 302 Å². The van der Waals surface area contributed by atoms with Crippen molar-refractivity contribution in [3.05, 3.63) is 35.9 Å². The van der Waals surface area contributed by atoms with Gasteiger partial charge in [0.25, 0.3) is 21.9 Å². The Morgan fingerprint density at radius 2 is 1.64 bits per heavy atom. The Kier molecular flexibility index (Phi) is 14.8. The van der Waals surface area contributed by atoms with Gasteiger partial charge in [0.15, 0.2) is 6.10 Å². The maximum atomic E-state index is 12.6. The van der Waals surface area contributed by atoms with Crippen LogP contribution in [0.2, 0.25) is 0 Å². The number of aliphatic carboxylic acids is 1. The van der Waals surface area contributed by atoms with Gasteiger partial charge in [-0.1, -0.05) is 0 Å². The van der Waals surface area contributed by atoms with Gasteiger partial charge < -0.3 is 54.7 Å². The number of imide groups is 1. The van der Waals surface area contributed by atoms with Crippen molar-refractivity contribution in [2.45, 2.75) is 64.1 Å². The number of hydrogen-bond donors (Lipinski definition) is 7. The molecule has 0 radical (unpaired) electrons. The molecule has 0 aromatic heterocycles. The van der Waals surface area contributed by atoms with Gasteiger partial charge in [0.05, 0.1) is 18.6 Å². The van der Waals surface area contributed by atoms with Gasteiger partial charge in [0.2, 0.25) is 18.1 Å². The highest BCUT2D eigenvalue weighted by Crippen LogP contribution is 2.30. The zero-order valence-corrected chi connectivity index (χ0v) is 29.5. The van der Waals surface area contributed by atoms with Crippen LogP contribution in [0.4, 0.5) is 0 Å². The summed E-state index contributed by atoms with van der Waals surface area (Å²) in [5, 5.41) is 44.0. The number of carbonyl (C=O) groups is 6. The molecule has 1 aromatic rings. The number of carbonyl (C=O) groups excluding carboxylic acids is 5. The summed E-state index contributed by atoms with van der Waals surface area (Å²) in [6, 6.07) is 2.34. The molecule has 0 bridgehead atoms. The molecular formula is C31H41N3O18S. The van der Waals surface area contributed by atoms with E-state index in [-0.39, 0.29) is 44.5 Å². The largest absolute Gasteiger partial charge is 0.491 e. The predicted molar refractivity (Wildman–Crippen MR) is 174 cm³/mol. The summed E-state index contributed by atoms with van der Waals surface area (Å²) >= 11 is 0. The topological polar surface area (TPSA) is 311 Å². The number of nitrogens with one attached hydrogen (secondary N) is 2. The fourth-order valence-corrected chi connectivity index (χ4v) is 5.21. The number of ether oxygens (including phenoxy) is 5. The predicted octanol–water partition coefficient (Wildman–Crippen LogP) is -3.14.